The first-order valence-corrected chi connectivity index (χ1v) is 8.86. The Morgan fingerprint density at radius 2 is 1.90 bits per heavy atom. The molecule has 4 nitrogen and oxygen atoms in total. The monoisotopic (exact) mass is 315 g/mol. The molecule has 110 valence electrons. The van der Waals surface area contributed by atoms with E-state index in [4.69, 9.17) is 10.7 Å². The predicted molar refractivity (Wildman–Crippen MR) is 78.7 cm³/mol. The quantitative estimate of drug-likeness (QED) is 0.869. The second-order valence-electron chi connectivity index (χ2n) is 5.43. The van der Waals surface area contributed by atoms with Crippen LogP contribution in [0.15, 0.2) is 11.0 Å². The molecular weight excluding hydrogens is 298 g/mol. The van der Waals surface area contributed by atoms with Gasteiger partial charge in [0.2, 0.25) is 0 Å². The van der Waals surface area contributed by atoms with Crippen LogP contribution < -0.4 is 5.32 Å². The summed E-state index contributed by atoms with van der Waals surface area (Å²) in [6.45, 7) is 5.76. The Kier molecular flexibility index (Phi) is 4.12. The third-order valence-corrected chi connectivity index (χ3v) is 5.20. The summed E-state index contributed by atoms with van der Waals surface area (Å²) in [6.07, 6.45) is 2.29. The fraction of sp³-hybridized carbons (Fsp3) is 0.500. The zero-order valence-electron chi connectivity index (χ0n) is 11.8. The maximum atomic E-state index is 12.3. The molecule has 0 heterocycles. The van der Waals surface area contributed by atoms with Gasteiger partial charge in [0.15, 0.2) is 0 Å². The fourth-order valence-corrected chi connectivity index (χ4v) is 4.16. The van der Waals surface area contributed by atoms with Crippen molar-refractivity contribution in [3.63, 3.8) is 0 Å². The van der Waals surface area contributed by atoms with Crippen LogP contribution in [0.4, 0.5) is 0 Å². The third-order valence-electron chi connectivity index (χ3n) is 3.62. The Morgan fingerprint density at radius 1 is 1.30 bits per heavy atom. The first kappa shape index (κ1) is 15.3. The highest BCUT2D eigenvalue weighted by Gasteiger charge is 2.26. The summed E-state index contributed by atoms with van der Waals surface area (Å²) in [5.41, 5.74) is 2.16. The molecule has 1 aromatic carbocycles. The molecule has 1 aliphatic rings. The number of carbonyl (C=O) groups is 1. The van der Waals surface area contributed by atoms with Crippen molar-refractivity contribution in [3.05, 3.63) is 28.3 Å². The molecule has 0 atom stereocenters. The highest BCUT2D eigenvalue weighted by molar-refractivity contribution is 8.13. The number of benzene rings is 1. The van der Waals surface area contributed by atoms with E-state index in [0.717, 1.165) is 18.4 Å². The number of amides is 1. The van der Waals surface area contributed by atoms with Crippen molar-refractivity contribution in [2.45, 2.75) is 38.5 Å². The van der Waals surface area contributed by atoms with E-state index in [9.17, 15) is 13.2 Å². The molecule has 0 aliphatic heterocycles. The van der Waals surface area contributed by atoms with Gasteiger partial charge in [0.05, 0.1) is 4.90 Å². The highest BCUT2D eigenvalue weighted by Crippen LogP contribution is 2.30. The molecule has 1 aliphatic carbocycles. The average molecular weight is 316 g/mol. The number of aryl methyl sites for hydroxylation is 2. The van der Waals surface area contributed by atoms with Crippen molar-refractivity contribution in [3.8, 4) is 0 Å². The molecular formula is C14H18ClNO3S. The van der Waals surface area contributed by atoms with Crippen LogP contribution in [0.5, 0.6) is 0 Å². The average Bonchev–Trinajstić information content (AvgIpc) is 3.06. The van der Waals surface area contributed by atoms with E-state index in [1.54, 1.807) is 26.8 Å². The summed E-state index contributed by atoms with van der Waals surface area (Å²) in [5.74, 6) is 0.342. The maximum Gasteiger partial charge on any atom is 0.261 e. The standard InChI is InChI=1S/C14H18ClNO3S/c1-8-6-9(2)13(20(15,18)19)10(3)12(8)14(17)16-7-11-4-5-11/h6,11H,4-5,7H2,1-3H3,(H,16,17). The number of halogens is 1. The van der Waals surface area contributed by atoms with E-state index in [-0.39, 0.29) is 10.8 Å². The lowest BCUT2D eigenvalue weighted by atomic mass is 9.99. The normalized spacial score (nSPS) is 15.2. The van der Waals surface area contributed by atoms with Gasteiger partial charge in [0.25, 0.3) is 15.0 Å². The largest absolute Gasteiger partial charge is 0.352 e. The maximum absolute atomic E-state index is 12.3. The SMILES string of the molecule is Cc1cc(C)c(S(=O)(=O)Cl)c(C)c1C(=O)NCC1CC1. The number of rotatable bonds is 4. The zero-order chi connectivity index (χ0) is 15.1. The van der Waals surface area contributed by atoms with Crippen LogP contribution in [-0.4, -0.2) is 20.9 Å². The highest BCUT2D eigenvalue weighted by atomic mass is 35.7. The Bertz CT molecular complexity index is 663. The van der Waals surface area contributed by atoms with E-state index in [1.165, 1.54) is 0 Å². The van der Waals surface area contributed by atoms with E-state index < -0.39 is 9.05 Å². The Balaban J connectivity index is 2.43. The molecule has 1 N–H and O–H groups in total. The van der Waals surface area contributed by atoms with Crippen LogP contribution in [0.1, 0.15) is 39.9 Å². The van der Waals surface area contributed by atoms with Gasteiger partial charge in [0.1, 0.15) is 0 Å². The van der Waals surface area contributed by atoms with Crippen LogP contribution >= 0.6 is 10.7 Å². The van der Waals surface area contributed by atoms with Crippen LogP contribution in [-0.2, 0) is 9.05 Å². The van der Waals surface area contributed by atoms with Crippen LogP contribution in [0.3, 0.4) is 0 Å². The van der Waals surface area contributed by atoms with Crippen molar-refractivity contribution in [2.24, 2.45) is 5.92 Å². The number of carbonyl (C=O) groups excluding carboxylic acids is 1. The first-order chi connectivity index (χ1) is 9.21. The zero-order valence-corrected chi connectivity index (χ0v) is 13.4. The molecule has 1 saturated carbocycles. The molecule has 1 amide bonds. The molecule has 20 heavy (non-hydrogen) atoms. The first-order valence-electron chi connectivity index (χ1n) is 6.55. The van der Waals surface area contributed by atoms with Gasteiger partial charge in [-0.25, -0.2) is 8.42 Å². The van der Waals surface area contributed by atoms with Gasteiger partial charge >= 0.3 is 0 Å². The lowest BCUT2D eigenvalue weighted by Gasteiger charge is -2.15. The van der Waals surface area contributed by atoms with Crippen LogP contribution in [0, 0.1) is 26.7 Å². The molecule has 6 heteroatoms. The Labute approximate surface area is 123 Å². The molecule has 0 radical (unpaired) electrons. The second kappa shape index (κ2) is 5.37. The van der Waals surface area contributed by atoms with E-state index in [0.29, 0.717) is 29.2 Å². The summed E-state index contributed by atoms with van der Waals surface area (Å²) in [7, 11) is 1.61. The summed E-state index contributed by atoms with van der Waals surface area (Å²) < 4.78 is 23.3. The second-order valence-corrected chi connectivity index (χ2v) is 7.93. The van der Waals surface area contributed by atoms with Gasteiger partial charge in [0, 0.05) is 22.8 Å². The van der Waals surface area contributed by atoms with Crippen molar-refractivity contribution >= 4 is 25.6 Å². The fourth-order valence-electron chi connectivity index (χ4n) is 2.54. The molecule has 0 unspecified atom stereocenters. The topological polar surface area (TPSA) is 63.2 Å². The Hall–Kier alpha value is -1.07. The van der Waals surface area contributed by atoms with Gasteiger partial charge in [-0.15, -0.1) is 0 Å². The minimum atomic E-state index is -3.86. The Morgan fingerprint density at radius 3 is 2.40 bits per heavy atom. The van der Waals surface area contributed by atoms with Gasteiger partial charge in [-0.05, 0) is 56.2 Å². The molecule has 0 saturated heterocycles. The van der Waals surface area contributed by atoms with E-state index >= 15 is 0 Å². The molecule has 0 spiro atoms. The van der Waals surface area contributed by atoms with Crippen molar-refractivity contribution in [2.75, 3.05) is 6.54 Å². The van der Waals surface area contributed by atoms with Gasteiger partial charge < -0.3 is 5.32 Å². The van der Waals surface area contributed by atoms with Gasteiger partial charge in [-0.2, -0.15) is 0 Å². The van der Waals surface area contributed by atoms with E-state index in [1.807, 2.05) is 0 Å². The van der Waals surface area contributed by atoms with E-state index in [2.05, 4.69) is 5.32 Å². The summed E-state index contributed by atoms with van der Waals surface area (Å²) in [4.78, 5) is 12.3. The number of hydrogen-bond donors (Lipinski definition) is 1. The van der Waals surface area contributed by atoms with Gasteiger partial charge in [-0.3, -0.25) is 4.79 Å². The molecule has 0 aromatic heterocycles. The summed E-state index contributed by atoms with van der Waals surface area (Å²) in [6, 6.07) is 1.69. The minimum Gasteiger partial charge on any atom is -0.352 e. The minimum absolute atomic E-state index is 0.0429. The smallest absolute Gasteiger partial charge is 0.261 e. The number of hydrogen-bond acceptors (Lipinski definition) is 3. The van der Waals surface area contributed by atoms with Gasteiger partial charge in [-0.1, -0.05) is 6.07 Å². The third kappa shape index (κ3) is 3.15. The lowest BCUT2D eigenvalue weighted by Crippen LogP contribution is -2.27. The molecule has 1 aromatic rings. The van der Waals surface area contributed by atoms with Crippen molar-refractivity contribution in [1.29, 1.82) is 0 Å². The molecule has 0 bridgehead atoms. The predicted octanol–water partition coefficient (Wildman–Crippen LogP) is 2.68. The number of nitrogens with one attached hydrogen (secondary N) is 1. The van der Waals surface area contributed by atoms with Crippen LogP contribution in [0.25, 0.3) is 0 Å². The summed E-state index contributed by atoms with van der Waals surface area (Å²) >= 11 is 0. The lowest BCUT2D eigenvalue weighted by molar-refractivity contribution is 0.0950. The molecule has 1 fully saturated rings. The van der Waals surface area contributed by atoms with Crippen molar-refractivity contribution in [1.82, 2.24) is 5.32 Å². The van der Waals surface area contributed by atoms with Crippen LogP contribution in [0.2, 0.25) is 0 Å². The summed E-state index contributed by atoms with van der Waals surface area (Å²) in [5, 5.41) is 2.86. The molecule has 2 rings (SSSR count). The van der Waals surface area contributed by atoms with Crippen molar-refractivity contribution < 1.29 is 13.2 Å².